The summed E-state index contributed by atoms with van der Waals surface area (Å²) in [5.41, 5.74) is 0.645. The third-order valence-electron chi connectivity index (χ3n) is 3.02. The zero-order valence-electron chi connectivity index (χ0n) is 9.36. The quantitative estimate of drug-likeness (QED) is 0.820. The van der Waals surface area contributed by atoms with Crippen molar-refractivity contribution in [1.29, 1.82) is 5.26 Å². The molecule has 1 saturated carbocycles. The molecule has 0 unspecified atom stereocenters. The number of aromatic nitrogens is 1. The van der Waals surface area contributed by atoms with E-state index in [2.05, 4.69) is 10.3 Å². The molecule has 0 aromatic carbocycles. The van der Waals surface area contributed by atoms with Gasteiger partial charge in [0.15, 0.2) is 5.69 Å². The van der Waals surface area contributed by atoms with Crippen LogP contribution in [-0.2, 0) is 0 Å². The number of nitriles is 1. The van der Waals surface area contributed by atoms with Crippen LogP contribution in [0.15, 0.2) is 12.3 Å². The molecule has 2 rings (SSSR count). The highest BCUT2D eigenvalue weighted by Crippen LogP contribution is 2.23. The fourth-order valence-corrected chi connectivity index (χ4v) is 2.08. The predicted octanol–water partition coefficient (Wildman–Crippen LogP) is 1.81. The second kappa shape index (κ2) is 5.11. The third kappa shape index (κ3) is 2.92. The number of aliphatic hydroxyl groups is 1. The summed E-state index contributed by atoms with van der Waals surface area (Å²) in [6.45, 7) is 0. The van der Waals surface area contributed by atoms with Gasteiger partial charge in [-0.25, -0.2) is 9.37 Å². The number of nitrogens with one attached hydrogen (secondary N) is 1. The molecule has 0 radical (unpaired) electrons. The highest BCUT2D eigenvalue weighted by molar-refractivity contribution is 5.54. The zero-order valence-corrected chi connectivity index (χ0v) is 9.36. The lowest BCUT2D eigenvalue weighted by atomic mass is 9.93. The lowest BCUT2D eigenvalue weighted by molar-refractivity contribution is 0.126. The molecule has 0 bridgehead atoms. The van der Waals surface area contributed by atoms with Crippen LogP contribution in [0.1, 0.15) is 31.4 Å². The summed E-state index contributed by atoms with van der Waals surface area (Å²) in [5, 5.41) is 21.4. The number of rotatable bonds is 2. The van der Waals surface area contributed by atoms with Crippen LogP contribution in [0.5, 0.6) is 0 Å². The number of aliphatic hydroxyl groups excluding tert-OH is 1. The lowest BCUT2D eigenvalue weighted by Gasteiger charge is -2.27. The number of anilines is 1. The van der Waals surface area contributed by atoms with E-state index in [-0.39, 0.29) is 17.8 Å². The Bertz CT molecular complexity index is 436. The van der Waals surface area contributed by atoms with E-state index in [0.29, 0.717) is 5.69 Å². The molecular formula is C12H14FN3O. The van der Waals surface area contributed by atoms with Crippen LogP contribution in [0.3, 0.4) is 0 Å². The van der Waals surface area contributed by atoms with Crippen molar-refractivity contribution in [2.24, 2.45) is 0 Å². The van der Waals surface area contributed by atoms with Crippen molar-refractivity contribution in [3.8, 4) is 6.07 Å². The molecule has 0 amide bonds. The van der Waals surface area contributed by atoms with Gasteiger partial charge in [-0.2, -0.15) is 5.26 Å². The van der Waals surface area contributed by atoms with E-state index in [0.717, 1.165) is 31.9 Å². The van der Waals surface area contributed by atoms with E-state index in [1.54, 1.807) is 0 Å². The Labute approximate surface area is 99.1 Å². The zero-order chi connectivity index (χ0) is 12.3. The second-order valence-electron chi connectivity index (χ2n) is 4.31. The average molecular weight is 235 g/mol. The van der Waals surface area contributed by atoms with E-state index in [1.165, 1.54) is 6.07 Å². The first-order valence-corrected chi connectivity index (χ1v) is 5.69. The van der Waals surface area contributed by atoms with Crippen LogP contribution in [0, 0.1) is 17.1 Å². The maximum absolute atomic E-state index is 13.0. The molecule has 0 aliphatic heterocycles. The Kier molecular flexibility index (Phi) is 3.55. The fourth-order valence-electron chi connectivity index (χ4n) is 2.08. The number of pyridine rings is 1. The van der Waals surface area contributed by atoms with Gasteiger partial charge in [-0.15, -0.1) is 0 Å². The number of hydrogen-bond donors (Lipinski definition) is 2. The van der Waals surface area contributed by atoms with Crippen molar-refractivity contribution in [2.75, 3.05) is 5.32 Å². The van der Waals surface area contributed by atoms with Crippen molar-refractivity contribution in [2.45, 2.75) is 37.8 Å². The van der Waals surface area contributed by atoms with Crippen LogP contribution < -0.4 is 5.32 Å². The first kappa shape index (κ1) is 11.8. The molecule has 0 atom stereocenters. The Balaban J connectivity index is 2.08. The Morgan fingerprint density at radius 1 is 1.41 bits per heavy atom. The number of halogens is 1. The molecule has 90 valence electrons. The van der Waals surface area contributed by atoms with Crippen molar-refractivity contribution in [1.82, 2.24) is 4.98 Å². The number of hydrogen-bond acceptors (Lipinski definition) is 4. The summed E-state index contributed by atoms with van der Waals surface area (Å²) in [5.74, 6) is -0.456. The van der Waals surface area contributed by atoms with Gasteiger partial charge in [0.2, 0.25) is 0 Å². The first-order chi connectivity index (χ1) is 8.19. The minimum atomic E-state index is -0.456. The average Bonchev–Trinajstić information content (AvgIpc) is 2.32. The van der Waals surface area contributed by atoms with Gasteiger partial charge in [0, 0.05) is 12.1 Å². The minimum Gasteiger partial charge on any atom is -0.393 e. The van der Waals surface area contributed by atoms with Crippen molar-refractivity contribution >= 4 is 5.69 Å². The first-order valence-electron chi connectivity index (χ1n) is 5.69. The summed E-state index contributed by atoms with van der Waals surface area (Å²) >= 11 is 0. The number of nitrogens with zero attached hydrogens (tertiary/aromatic N) is 2. The summed E-state index contributed by atoms with van der Waals surface area (Å²) in [7, 11) is 0. The molecule has 0 saturated heterocycles. The van der Waals surface area contributed by atoms with E-state index in [4.69, 9.17) is 5.26 Å². The molecule has 2 N–H and O–H groups in total. The summed E-state index contributed by atoms with van der Waals surface area (Å²) in [4.78, 5) is 3.73. The van der Waals surface area contributed by atoms with Gasteiger partial charge in [0.25, 0.3) is 0 Å². The highest BCUT2D eigenvalue weighted by Gasteiger charge is 2.20. The molecule has 1 aromatic heterocycles. The summed E-state index contributed by atoms with van der Waals surface area (Å²) in [6, 6.07) is 3.39. The van der Waals surface area contributed by atoms with E-state index in [1.807, 2.05) is 6.07 Å². The van der Waals surface area contributed by atoms with Gasteiger partial charge in [-0.05, 0) is 25.7 Å². The molecule has 1 aliphatic rings. The van der Waals surface area contributed by atoms with Crippen molar-refractivity contribution in [3.05, 3.63) is 23.8 Å². The molecule has 1 aromatic rings. The topological polar surface area (TPSA) is 68.9 Å². The van der Waals surface area contributed by atoms with Gasteiger partial charge >= 0.3 is 0 Å². The van der Waals surface area contributed by atoms with E-state index >= 15 is 0 Å². The molecule has 1 aliphatic carbocycles. The summed E-state index contributed by atoms with van der Waals surface area (Å²) < 4.78 is 13.0. The van der Waals surface area contributed by atoms with E-state index in [9.17, 15) is 9.50 Å². The Morgan fingerprint density at radius 2 is 2.12 bits per heavy atom. The maximum atomic E-state index is 13.0. The normalized spacial score (nSPS) is 24.1. The largest absolute Gasteiger partial charge is 0.393 e. The molecule has 4 nitrogen and oxygen atoms in total. The van der Waals surface area contributed by atoms with Crippen LogP contribution in [0.25, 0.3) is 0 Å². The third-order valence-corrected chi connectivity index (χ3v) is 3.02. The Morgan fingerprint density at radius 3 is 2.76 bits per heavy atom. The molecule has 1 fully saturated rings. The standard InChI is InChI=1S/C12H14FN3O/c13-8-5-11(12(6-14)15-7-8)16-9-1-3-10(17)4-2-9/h5,7,9-10,16-17H,1-4H2. The molecule has 0 spiro atoms. The van der Waals surface area contributed by atoms with Gasteiger partial charge < -0.3 is 10.4 Å². The molecule has 5 heteroatoms. The van der Waals surface area contributed by atoms with Gasteiger partial charge in [0.1, 0.15) is 11.9 Å². The highest BCUT2D eigenvalue weighted by atomic mass is 19.1. The Hall–Kier alpha value is -1.67. The smallest absolute Gasteiger partial charge is 0.163 e. The van der Waals surface area contributed by atoms with E-state index < -0.39 is 5.82 Å². The minimum absolute atomic E-state index is 0.175. The molecule has 17 heavy (non-hydrogen) atoms. The van der Waals surface area contributed by atoms with Crippen molar-refractivity contribution in [3.63, 3.8) is 0 Å². The SMILES string of the molecule is N#Cc1ncc(F)cc1NC1CCC(O)CC1. The van der Waals surface area contributed by atoms with Gasteiger partial charge in [-0.1, -0.05) is 0 Å². The van der Waals surface area contributed by atoms with Crippen LogP contribution in [-0.4, -0.2) is 22.2 Å². The van der Waals surface area contributed by atoms with Gasteiger partial charge in [0.05, 0.1) is 18.0 Å². The van der Waals surface area contributed by atoms with Gasteiger partial charge in [-0.3, -0.25) is 0 Å². The maximum Gasteiger partial charge on any atom is 0.163 e. The second-order valence-corrected chi connectivity index (χ2v) is 4.31. The summed E-state index contributed by atoms with van der Waals surface area (Å²) in [6.07, 6.45) is 3.93. The van der Waals surface area contributed by atoms with Crippen LogP contribution in [0.2, 0.25) is 0 Å². The lowest BCUT2D eigenvalue weighted by Crippen LogP contribution is -2.28. The fraction of sp³-hybridized carbons (Fsp3) is 0.500. The van der Waals surface area contributed by atoms with Crippen molar-refractivity contribution < 1.29 is 9.50 Å². The molecular weight excluding hydrogens is 221 g/mol. The molecule has 1 heterocycles. The van der Waals surface area contributed by atoms with Crippen LogP contribution >= 0.6 is 0 Å². The predicted molar refractivity (Wildman–Crippen MR) is 60.8 cm³/mol. The van der Waals surface area contributed by atoms with Crippen LogP contribution in [0.4, 0.5) is 10.1 Å². The monoisotopic (exact) mass is 235 g/mol.